The van der Waals surface area contributed by atoms with Gasteiger partial charge in [-0.05, 0) is 31.7 Å². The van der Waals surface area contributed by atoms with Crippen LogP contribution in [0.1, 0.15) is 39.7 Å². The van der Waals surface area contributed by atoms with E-state index in [9.17, 15) is 13.2 Å². The molecule has 0 spiro atoms. The molecule has 0 aliphatic carbocycles. The first-order chi connectivity index (χ1) is 12.5. The number of sulfone groups is 1. The standard InChI is InChI=1S/C21H30N2O3S/c1-14(2)17-16(27(5,25)26)11-12-22-19-18(17)20(24)23(21(19,3)4)13-15-9-7-6-8-10-15/h6-10,14,16-17,22H,11-13H2,1-5H3. The highest BCUT2D eigenvalue weighted by Gasteiger charge is 2.51. The zero-order valence-electron chi connectivity index (χ0n) is 16.8. The Morgan fingerprint density at radius 2 is 1.85 bits per heavy atom. The largest absolute Gasteiger partial charge is 0.386 e. The Balaban J connectivity index is 2.06. The predicted octanol–water partition coefficient (Wildman–Crippen LogP) is 2.74. The average molecular weight is 391 g/mol. The topological polar surface area (TPSA) is 66.5 Å². The Morgan fingerprint density at radius 1 is 1.22 bits per heavy atom. The van der Waals surface area contributed by atoms with E-state index in [-0.39, 0.29) is 17.7 Å². The molecule has 148 valence electrons. The van der Waals surface area contributed by atoms with Crippen LogP contribution in [0.3, 0.4) is 0 Å². The van der Waals surface area contributed by atoms with Gasteiger partial charge in [-0.3, -0.25) is 4.79 Å². The van der Waals surface area contributed by atoms with Crippen LogP contribution in [-0.2, 0) is 21.2 Å². The minimum atomic E-state index is -3.26. The van der Waals surface area contributed by atoms with Gasteiger partial charge in [0.2, 0.25) is 0 Å². The number of benzene rings is 1. The van der Waals surface area contributed by atoms with Gasteiger partial charge in [0.1, 0.15) is 0 Å². The molecule has 2 aliphatic rings. The third-order valence-corrected chi connectivity index (χ3v) is 7.58. The molecule has 1 aromatic carbocycles. The van der Waals surface area contributed by atoms with Crippen molar-refractivity contribution in [2.45, 2.75) is 51.4 Å². The lowest BCUT2D eigenvalue weighted by molar-refractivity contribution is -0.130. The van der Waals surface area contributed by atoms with Crippen molar-refractivity contribution in [2.75, 3.05) is 12.8 Å². The van der Waals surface area contributed by atoms with Crippen LogP contribution in [0.4, 0.5) is 0 Å². The van der Waals surface area contributed by atoms with Crippen LogP contribution >= 0.6 is 0 Å². The molecule has 2 heterocycles. The third kappa shape index (κ3) is 3.51. The van der Waals surface area contributed by atoms with Crippen LogP contribution in [-0.4, -0.2) is 42.8 Å². The summed E-state index contributed by atoms with van der Waals surface area (Å²) in [6.45, 7) is 9.19. The van der Waals surface area contributed by atoms with Crippen molar-refractivity contribution in [1.82, 2.24) is 10.2 Å². The third-order valence-electron chi connectivity index (χ3n) is 5.95. The predicted molar refractivity (Wildman–Crippen MR) is 108 cm³/mol. The van der Waals surface area contributed by atoms with E-state index in [0.29, 0.717) is 25.1 Å². The molecule has 0 fully saturated rings. The SMILES string of the molecule is CC(C)C1C2=C(NCCC1S(C)(=O)=O)C(C)(C)N(Cc1ccccc1)C2=O. The van der Waals surface area contributed by atoms with Gasteiger partial charge in [-0.25, -0.2) is 8.42 Å². The van der Waals surface area contributed by atoms with Crippen molar-refractivity contribution in [1.29, 1.82) is 0 Å². The maximum atomic E-state index is 13.5. The summed E-state index contributed by atoms with van der Waals surface area (Å²) in [7, 11) is -3.26. The van der Waals surface area contributed by atoms with E-state index in [4.69, 9.17) is 0 Å². The molecule has 0 saturated carbocycles. The number of amides is 1. The van der Waals surface area contributed by atoms with Crippen LogP contribution in [0.25, 0.3) is 0 Å². The molecule has 1 N–H and O–H groups in total. The summed E-state index contributed by atoms with van der Waals surface area (Å²) in [5.41, 5.74) is 2.13. The van der Waals surface area contributed by atoms with E-state index in [1.807, 2.05) is 62.9 Å². The summed E-state index contributed by atoms with van der Waals surface area (Å²) in [5, 5.41) is 2.89. The highest BCUT2D eigenvalue weighted by molar-refractivity contribution is 7.91. The fourth-order valence-electron chi connectivity index (χ4n) is 4.57. The van der Waals surface area contributed by atoms with Crippen molar-refractivity contribution >= 4 is 15.7 Å². The number of rotatable bonds is 4. The Kier molecular flexibility index (Phi) is 5.14. The first kappa shape index (κ1) is 19.9. The molecular weight excluding hydrogens is 360 g/mol. The molecule has 5 nitrogen and oxygen atoms in total. The first-order valence-corrected chi connectivity index (χ1v) is 11.5. The molecule has 1 amide bonds. The lowest BCUT2D eigenvalue weighted by atomic mass is 9.83. The van der Waals surface area contributed by atoms with Crippen molar-refractivity contribution in [3.05, 3.63) is 47.2 Å². The monoisotopic (exact) mass is 390 g/mol. The van der Waals surface area contributed by atoms with Gasteiger partial charge in [0.15, 0.2) is 9.84 Å². The van der Waals surface area contributed by atoms with E-state index in [2.05, 4.69) is 5.32 Å². The molecule has 2 aliphatic heterocycles. The summed E-state index contributed by atoms with van der Waals surface area (Å²) >= 11 is 0. The molecule has 3 rings (SSSR count). The summed E-state index contributed by atoms with van der Waals surface area (Å²) in [6, 6.07) is 9.92. The number of carbonyl (C=O) groups is 1. The molecule has 1 aromatic rings. The Hall–Kier alpha value is -1.82. The summed E-state index contributed by atoms with van der Waals surface area (Å²) < 4.78 is 25.0. The van der Waals surface area contributed by atoms with Crippen molar-refractivity contribution in [2.24, 2.45) is 11.8 Å². The van der Waals surface area contributed by atoms with E-state index in [1.54, 1.807) is 0 Å². The molecule has 0 radical (unpaired) electrons. The molecule has 27 heavy (non-hydrogen) atoms. The van der Waals surface area contributed by atoms with Gasteiger partial charge in [0, 0.05) is 36.5 Å². The summed E-state index contributed by atoms with van der Waals surface area (Å²) in [5.74, 6) is -0.274. The van der Waals surface area contributed by atoms with Crippen molar-refractivity contribution < 1.29 is 13.2 Å². The van der Waals surface area contributed by atoms with Crippen LogP contribution in [0, 0.1) is 11.8 Å². The van der Waals surface area contributed by atoms with Gasteiger partial charge in [0.25, 0.3) is 5.91 Å². The highest BCUT2D eigenvalue weighted by atomic mass is 32.2. The zero-order chi connectivity index (χ0) is 20.0. The first-order valence-electron chi connectivity index (χ1n) is 9.58. The Labute approximate surface area is 162 Å². The van der Waals surface area contributed by atoms with E-state index in [0.717, 1.165) is 11.3 Å². The number of carbonyl (C=O) groups excluding carboxylic acids is 1. The average Bonchev–Trinajstić information content (AvgIpc) is 2.74. The second-order valence-corrected chi connectivity index (χ2v) is 10.8. The molecule has 2 atom stereocenters. The Morgan fingerprint density at radius 3 is 2.41 bits per heavy atom. The number of hydrogen-bond donors (Lipinski definition) is 1. The molecule has 0 bridgehead atoms. The van der Waals surface area contributed by atoms with E-state index < -0.39 is 20.6 Å². The van der Waals surface area contributed by atoms with Crippen molar-refractivity contribution in [3.8, 4) is 0 Å². The quantitative estimate of drug-likeness (QED) is 0.858. The second-order valence-electron chi connectivity index (χ2n) is 8.58. The molecule has 6 heteroatoms. The molecular formula is C21H30N2O3S. The van der Waals surface area contributed by atoms with Crippen molar-refractivity contribution in [3.63, 3.8) is 0 Å². The summed E-state index contributed by atoms with van der Waals surface area (Å²) in [6.07, 6.45) is 1.82. The fourth-order valence-corrected chi connectivity index (χ4v) is 6.10. The fraction of sp³-hybridized carbons (Fsp3) is 0.571. The van der Waals surface area contributed by atoms with Gasteiger partial charge in [-0.1, -0.05) is 44.2 Å². The van der Waals surface area contributed by atoms with Gasteiger partial charge in [-0.2, -0.15) is 0 Å². The van der Waals surface area contributed by atoms with Gasteiger partial charge in [0.05, 0.1) is 10.8 Å². The molecule has 2 unspecified atom stereocenters. The van der Waals surface area contributed by atoms with E-state index in [1.165, 1.54) is 6.26 Å². The van der Waals surface area contributed by atoms with Crippen LogP contribution in [0.2, 0.25) is 0 Å². The maximum absolute atomic E-state index is 13.5. The zero-order valence-corrected chi connectivity index (χ0v) is 17.6. The summed E-state index contributed by atoms with van der Waals surface area (Å²) in [4.78, 5) is 15.4. The molecule has 0 saturated heterocycles. The van der Waals surface area contributed by atoms with Gasteiger partial charge >= 0.3 is 0 Å². The molecule has 0 aromatic heterocycles. The highest BCUT2D eigenvalue weighted by Crippen LogP contribution is 2.44. The second kappa shape index (κ2) is 6.97. The van der Waals surface area contributed by atoms with Gasteiger partial charge < -0.3 is 10.2 Å². The maximum Gasteiger partial charge on any atom is 0.253 e. The number of nitrogens with one attached hydrogen (secondary N) is 1. The lowest BCUT2D eigenvalue weighted by Gasteiger charge is -2.35. The smallest absolute Gasteiger partial charge is 0.253 e. The number of hydrogen-bond acceptors (Lipinski definition) is 4. The van der Waals surface area contributed by atoms with Crippen LogP contribution in [0.5, 0.6) is 0 Å². The lowest BCUT2D eigenvalue weighted by Crippen LogP contribution is -2.46. The minimum absolute atomic E-state index is 0.0411. The number of nitrogens with zero attached hydrogens (tertiary/aromatic N) is 1. The van der Waals surface area contributed by atoms with Crippen LogP contribution in [0.15, 0.2) is 41.6 Å². The van der Waals surface area contributed by atoms with Gasteiger partial charge in [-0.15, -0.1) is 0 Å². The Bertz CT molecular complexity index is 857. The minimum Gasteiger partial charge on any atom is -0.386 e. The van der Waals surface area contributed by atoms with Crippen LogP contribution < -0.4 is 5.32 Å². The van der Waals surface area contributed by atoms with E-state index >= 15 is 0 Å². The normalized spacial score (nSPS) is 25.4.